The molecule has 1 rings (SSSR count). The molecule has 0 radical (unpaired) electrons. The summed E-state index contributed by atoms with van der Waals surface area (Å²) in [5.41, 5.74) is 4.89. The zero-order valence-corrected chi connectivity index (χ0v) is 11.0. The summed E-state index contributed by atoms with van der Waals surface area (Å²) in [4.78, 5) is 21.8. The van der Waals surface area contributed by atoms with E-state index in [1.807, 2.05) is 0 Å². The van der Waals surface area contributed by atoms with E-state index in [9.17, 15) is 18.0 Å². The molecule has 3 amide bonds. The highest BCUT2D eigenvalue weighted by molar-refractivity contribution is 7.88. The number of hydrogen-bond acceptors (Lipinski definition) is 4. The van der Waals surface area contributed by atoms with Crippen LogP contribution >= 0.6 is 0 Å². The molecule has 4 N–H and O–H groups in total. The molecule has 1 fully saturated rings. The van der Waals surface area contributed by atoms with Crippen LogP contribution < -0.4 is 16.4 Å². The molecule has 0 aromatic carbocycles. The molecule has 1 aliphatic heterocycles. The van der Waals surface area contributed by atoms with E-state index in [2.05, 4.69) is 10.6 Å². The second-order valence-corrected chi connectivity index (χ2v) is 6.21. The number of piperidine rings is 1. The van der Waals surface area contributed by atoms with E-state index in [4.69, 9.17) is 5.73 Å². The topological polar surface area (TPSA) is 122 Å². The fraction of sp³-hybridized carbons (Fsp3) is 0.778. The average molecular weight is 278 g/mol. The standard InChI is InChI=1S/C9H18N4O4S/c1-18(16,17)13-4-2-7(3-5-13)12-9(15)11-6-8(10)14/h7H,2-6H2,1H3,(H2,10,14)(H2,11,12,15). The van der Waals surface area contributed by atoms with E-state index in [0.29, 0.717) is 25.9 Å². The summed E-state index contributed by atoms with van der Waals surface area (Å²) in [5.74, 6) is -0.614. The lowest BCUT2D eigenvalue weighted by Crippen LogP contribution is -2.49. The van der Waals surface area contributed by atoms with E-state index >= 15 is 0 Å². The van der Waals surface area contributed by atoms with Crippen LogP contribution in [0, 0.1) is 0 Å². The Balaban J connectivity index is 2.31. The van der Waals surface area contributed by atoms with E-state index in [-0.39, 0.29) is 12.6 Å². The van der Waals surface area contributed by atoms with E-state index < -0.39 is 22.0 Å². The van der Waals surface area contributed by atoms with Crippen molar-refractivity contribution in [2.45, 2.75) is 18.9 Å². The van der Waals surface area contributed by atoms with Crippen molar-refractivity contribution < 1.29 is 18.0 Å². The summed E-state index contributed by atoms with van der Waals surface area (Å²) in [7, 11) is -3.16. The Morgan fingerprint density at radius 2 is 1.89 bits per heavy atom. The Bertz CT molecular complexity index is 414. The van der Waals surface area contributed by atoms with Gasteiger partial charge in [0.05, 0.1) is 12.8 Å². The minimum Gasteiger partial charge on any atom is -0.368 e. The second-order valence-electron chi connectivity index (χ2n) is 4.23. The van der Waals surface area contributed by atoms with Crippen molar-refractivity contribution in [1.82, 2.24) is 14.9 Å². The number of sulfonamides is 1. The van der Waals surface area contributed by atoms with Crippen LogP contribution in [0.2, 0.25) is 0 Å². The first-order chi connectivity index (χ1) is 8.29. The Labute approximate surface area is 106 Å². The number of nitrogens with one attached hydrogen (secondary N) is 2. The Kier molecular flexibility index (Phi) is 4.91. The SMILES string of the molecule is CS(=O)(=O)N1CCC(NC(=O)NCC(N)=O)CC1. The van der Waals surface area contributed by atoms with Gasteiger partial charge in [0.2, 0.25) is 15.9 Å². The zero-order chi connectivity index (χ0) is 13.8. The van der Waals surface area contributed by atoms with Crippen molar-refractivity contribution >= 4 is 22.0 Å². The van der Waals surface area contributed by atoms with Gasteiger partial charge >= 0.3 is 6.03 Å². The van der Waals surface area contributed by atoms with Gasteiger partial charge in [-0.1, -0.05) is 0 Å². The third-order valence-electron chi connectivity index (χ3n) is 2.68. The molecule has 1 aliphatic rings. The van der Waals surface area contributed by atoms with Gasteiger partial charge in [0, 0.05) is 19.1 Å². The van der Waals surface area contributed by atoms with Crippen molar-refractivity contribution in [3.63, 3.8) is 0 Å². The van der Waals surface area contributed by atoms with Crippen molar-refractivity contribution in [3.05, 3.63) is 0 Å². The number of primary amides is 1. The van der Waals surface area contributed by atoms with Gasteiger partial charge in [0.25, 0.3) is 0 Å². The highest BCUT2D eigenvalue weighted by Gasteiger charge is 2.25. The molecule has 8 nitrogen and oxygen atoms in total. The van der Waals surface area contributed by atoms with Gasteiger partial charge in [0.1, 0.15) is 0 Å². The van der Waals surface area contributed by atoms with Gasteiger partial charge in [0.15, 0.2) is 0 Å². The number of amides is 3. The zero-order valence-electron chi connectivity index (χ0n) is 10.2. The van der Waals surface area contributed by atoms with Crippen LogP contribution in [0.1, 0.15) is 12.8 Å². The molecule has 0 atom stereocenters. The van der Waals surface area contributed by atoms with Crippen molar-refractivity contribution in [2.75, 3.05) is 25.9 Å². The molecule has 1 heterocycles. The van der Waals surface area contributed by atoms with Crippen LogP contribution in [0.5, 0.6) is 0 Å². The fourth-order valence-electron chi connectivity index (χ4n) is 1.74. The molecule has 0 aromatic rings. The summed E-state index contributed by atoms with van der Waals surface area (Å²) >= 11 is 0. The normalized spacial score (nSPS) is 18.3. The van der Waals surface area contributed by atoms with Crippen LogP contribution in [-0.2, 0) is 14.8 Å². The minimum absolute atomic E-state index is 0.0872. The molecule has 18 heavy (non-hydrogen) atoms. The van der Waals surface area contributed by atoms with Crippen LogP contribution in [0.25, 0.3) is 0 Å². The van der Waals surface area contributed by atoms with E-state index in [1.165, 1.54) is 10.6 Å². The Morgan fingerprint density at radius 3 is 2.33 bits per heavy atom. The van der Waals surface area contributed by atoms with Crippen molar-refractivity contribution in [2.24, 2.45) is 5.73 Å². The van der Waals surface area contributed by atoms with Gasteiger partial charge in [-0.15, -0.1) is 0 Å². The highest BCUT2D eigenvalue weighted by atomic mass is 32.2. The first-order valence-electron chi connectivity index (χ1n) is 5.57. The monoisotopic (exact) mass is 278 g/mol. The summed E-state index contributed by atoms with van der Waals surface area (Å²) in [6.45, 7) is 0.563. The third-order valence-corrected chi connectivity index (χ3v) is 3.98. The quantitative estimate of drug-likeness (QED) is 0.561. The smallest absolute Gasteiger partial charge is 0.315 e. The number of hydrogen-bond donors (Lipinski definition) is 3. The van der Waals surface area contributed by atoms with Gasteiger partial charge in [-0.3, -0.25) is 4.79 Å². The second kappa shape index (κ2) is 6.01. The molecule has 0 unspecified atom stereocenters. The lowest BCUT2D eigenvalue weighted by atomic mass is 10.1. The first-order valence-corrected chi connectivity index (χ1v) is 7.41. The number of nitrogens with zero attached hydrogens (tertiary/aromatic N) is 1. The predicted octanol–water partition coefficient (Wildman–Crippen LogP) is -1.81. The predicted molar refractivity (Wildman–Crippen MR) is 65.2 cm³/mol. The van der Waals surface area contributed by atoms with Crippen LogP contribution in [0.3, 0.4) is 0 Å². The van der Waals surface area contributed by atoms with Crippen LogP contribution in [0.4, 0.5) is 4.79 Å². The summed E-state index contributed by atoms with van der Waals surface area (Å²) in [6.07, 6.45) is 2.27. The van der Waals surface area contributed by atoms with Gasteiger partial charge < -0.3 is 16.4 Å². The lowest BCUT2D eigenvalue weighted by molar-refractivity contribution is -0.117. The van der Waals surface area contributed by atoms with Crippen molar-refractivity contribution in [1.29, 1.82) is 0 Å². The first kappa shape index (κ1) is 14.7. The Morgan fingerprint density at radius 1 is 1.33 bits per heavy atom. The number of urea groups is 1. The minimum atomic E-state index is -3.16. The average Bonchev–Trinajstić information content (AvgIpc) is 2.26. The summed E-state index contributed by atoms with van der Waals surface area (Å²) in [6, 6.07) is -0.553. The van der Waals surface area contributed by atoms with Gasteiger partial charge in [-0.05, 0) is 12.8 Å². The molecular weight excluding hydrogens is 260 g/mol. The Hall–Kier alpha value is -1.35. The maximum Gasteiger partial charge on any atom is 0.315 e. The molecule has 0 saturated carbocycles. The largest absolute Gasteiger partial charge is 0.368 e. The van der Waals surface area contributed by atoms with Gasteiger partial charge in [-0.25, -0.2) is 17.5 Å². The third kappa shape index (κ3) is 4.88. The highest BCUT2D eigenvalue weighted by Crippen LogP contribution is 2.12. The summed E-state index contributed by atoms with van der Waals surface area (Å²) in [5, 5.41) is 4.98. The number of rotatable bonds is 4. The number of carbonyl (C=O) groups is 2. The number of carbonyl (C=O) groups excluding carboxylic acids is 2. The molecule has 0 aromatic heterocycles. The maximum absolute atomic E-state index is 11.3. The van der Waals surface area contributed by atoms with E-state index in [1.54, 1.807) is 0 Å². The lowest BCUT2D eigenvalue weighted by Gasteiger charge is -2.30. The molecular formula is C9H18N4O4S. The number of nitrogens with two attached hydrogens (primary N) is 1. The molecule has 0 aliphatic carbocycles. The molecule has 0 bridgehead atoms. The molecule has 9 heteroatoms. The fourth-order valence-corrected chi connectivity index (χ4v) is 2.61. The van der Waals surface area contributed by atoms with Gasteiger partial charge in [-0.2, -0.15) is 0 Å². The van der Waals surface area contributed by atoms with Crippen LogP contribution in [0.15, 0.2) is 0 Å². The molecule has 0 spiro atoms. The summed E-state index contributed by atoms with van der Waals surface area (Å²) < 4.78 is 23.9. The maximum atomic E-state index is 11.3. The molecule has 104 valence electrons. The van der Waals surface area contributed by atoms with Crippen molar-refractivity contribution in [3.8, 4) is 0 Å². The van der Waals surface area contributed by atoms with Crippen LogP contribution in [-0.4, -0.2) is 56.6 Å². The van der Waals surface area contributed by atoms with E-state index in [0.717, 1.165) is 0 Å². The molecule has 1 saturated heterocycles.